The van der Waals surface area contributed by atoms with Gasteiger partial charge in [0.1, 0.15) is 0 Å². The minimum absolute atomic E-state index is 0.0983. The highest BCUT2D eigenvalue weighted by Crippen LogP contribution is 2.28. The van der Waals surface area contributed by atoms with Gasteiger partial charge >= 0.3 is 0 Å². The molecule has 4 heteroatoms. The topological polar surface area (TPSA) is 17.1 Å². The zero-order chi connectivity index (χ0) is 8.10. The fourth-order valence-corrected chi connectivity index (χ4v) is 2.01. The Balaban J connectivity index is 2.58. The lowest BCUT2D eigenvalue weighted by atomic mass is 10.4. The molecule has 0 N–H and O–H groups in total. The van der Waals surface area contributed by atoms with Gasteiger partial charge < -0.3 is 0 Å². The zero-order valence-corrected chi connectivity index (χ0v) is 8.48. The van der Waals surface area contributed by atoms with Crippen molar-refractivity contribution in [3.63, 3.8) is 0 Å². The summed E-state index contributed by atoms with van der Waals surface area (Å²) in [6.07, 6.45) is 0. The van der Waals surface area contributed by atoms with Gasteiger partial charge in [-0.1, -0.05) is 38.0 Å². The molecule has 1 atom stereocenters. The van der Waals surface area contributed by atoms with Gasteiger partial charge in [0, 0.05) is 4.90 Å². The molecule has 0 radical (unpaired) electrons. The number of rotatable bonds is 1. The van der Waals surface area contributed by atoms with Crippen LogP contribution in [0, 0.1) is 0 Å². The molecule has 0 heterocycles. The second-order valence-electron chi connectivity index (χ2n) is 1.78. The number of hydrogen-bond donors (Lipinski definition) is 0. The number of benzene rings is 1. The molecule has 0 aliphatic carbocycles. The number of carbonyl (C=O) groups is 1. The molecule has 1 nitrogen and oxygen atoms in total. The van der Waals surface area contributed by atoms with Gasteiger partial charge in [0.15, 0.2) is 0 Å². The van der Waals surface area contributed by atoms with E-state index in [-0.39, 0.29) is 4.45 Å². The van der Waals surface area contributed by atoms with Crippen LogP contribution in [0.5, 0.6) is 0 Å². The van der Waals surface area contributed by atoms with Crippen molar-refractivity contribution in [1.82, 2.24) is 0 Å². The van der Waals surface area contributed by atoms with Crippen LogP contribution in [0.3, 0.4) is 0 Å². The van der Waals surface area contributed by atoms with Crippen LogP contribution >= 0.6 is 31.6 Å². The lowest BCUT2D eigenvalue weighted by Gasteiger charge is -1.94. The summed E-state index contributed by atoms with van der Waals surface area (Å²) in [6.45, 7) is 0. The van der Waals surface area contributed by atoms with E-state index in [0.717, 1.165) is 16.3 Å². The van der Waals surface area contributed by atoms with Crippen LogP contribution in [0.1, 0.15) is 0 Å². The first-order valence-corrected chi connectivity index (χ1v) is 6.07. The number of thioether (sulfide) groups is 1. The summed E-state index contributed by atoms with van der Waals surface area (Å²) in [7, 11) is 2.34. The van der Waals surface area contributed by atoms with Gasteiger partial charge in [-0.2, -0.15) is 0 Å². The van der Waals surface area contributed by atoms with E-state index < -0.39 is 0 Å². The molecule has 0 amide bonds. The van der Waals surface area contributed by atoms with Gasteiger partial charge in [-0.25, -0.2) is 0 Å². The monoisotopic (exact) mass is 202 g/mol. The summed E-state index contributed by atoms with van der Waals surface area (Å²) in [5.41, 5.74) is 0. The Kier molecular flexibility index (Phi) is 3.98. The first-order chi connectivity index (χ1) is 5.33. The Morgan fingerprint density at radius 3 is 2.45 bits per heavy atom. The highest BCUT2D eigenvalue weighted by molar-refractivity contribution is 8.61. The Morgan fingerprint density at radius 2 is 1.91 bits per heavy atom. The van der Waals surface area contributed by atoms with Crippen LogP contribution in [0.15, 0.2) is 35.2 Å². The largest absolute Gasteiger partial charge is 0.274 e. The molecule has 0 bridgehead atoms. The maximum absolute atomic E-state index is 10.9. The SMILES string of the molecule is O=C(SP)Sc1ccccc1. The lowest BCUT2D eigenvalue weighted by molar-refractivity contribution is 0.277. The Bertz CT molecular complexity index is 237. The van der Waals surface area contributed by atoms with Crippen LogP contribution in [0.4, 0.5) is 4.79 Å². The summed E-state index contributed by atoms with van der Waals surface area (Å²) in [5.74, 6) is 0. The average Bonchev–Trinajstić information content (AvgIpc) is 2.06. The van der Waals surface area contributed by atoms with Crippen LogP contribution in [-0.2, 0) is 0 Å². The second kappa shape index (κ2) is 4.81. The molecule has 58 valence electrons. The van der Waals surface area contributed by atoms with Gasteiger partial charge in [0.25, 0.3) is 4.45 Å². The fraction of sp³-hybridized carbons (Fsp3) is 0. The summed E-state index contributed by atoms with van der Waals surface area (Å²) >= 11 is 2.41. The van der Waals surface area contributed by atoms with Gasteiger partial charge in [-0.3, -0.25) is 4.79 Å². The van der Waals surface area contributed by atoms with Gasteiger partial charge in [-0.15, -0.1) is 0 Å². The minimum atomic E-state index is 0.0983. The Labute approximate surface area is 76.3 Å². The molecular formula is C7H7OPS2. The van der Waals surface area contributed by atoms with Crippen molar-refractivity contribution >= 4 is 36.0 Å². The van der Waals surface area contributed by atoms with E-state index in [2.05, 4.69) is 8.44 Å². The number of hydrogen-bond acceptors (Lipinski definition) is 3. The predicted molar refractivity (Wildman–Crippen MR) is 55.0 cm³/mol. The van der Waals surface area contributed by atoms with E-state index in [1.165, 1.54) is 11.8 Å². The molecule has 0 fully saturated rings. The normalized spacial score (nSPS) is 9.55. The molecule has 0 spiro atoms. The van der Waals surface area contributed by atoms with E-state index in [1.807, 2.05) is 30.3 Å². The molecule has 1 aromatic rings. The third-order valence-electron chi connectivity index (χ3n) is 1.04. The van der Waals surface area contributed by atoms with Gasteiger partial charge in [0.2, 0.25) is 0 Å². The third kappa shape index (κ3) is 3.28. The van der Waals surface area contributed by atoms with Gasteiger partial charge in [-0.05, 0) is 23.9 Å². The van der Waals surface area contributed by atoms with E-state index in [0.29, 0.717) is 0 Å². The van der Waals surface area contributed by atoms with E-state index in [4.69, 9.17) is 0 Å². The standard InChI is InChI=1S/C7H7OPS2/c8-7(11-9)10-6-4-2-1-3-5-6/h1-5H,9H2. The van der Waals surface area contributed by atoms with Crippen molar-refractivity contribution < 1.29 is 4.79 Å². The summed E-state index contributed by atoms with van der Waals surface area (Å²) in [5, 5.41) is 0. The van der Waals surface area contributed by atoms with E-state index in [1.54, 1.807) is 0 Å². The predicted octanol–water partition coefficient (Wildman–Crippen LogP) is 3.42. The number of carbonyl (C=O) groups excluding carboxylic acids is 1. The molecule has 0 saturated carbocycles. The molecular weight excluding hydrogens is 195 g/mol. The molecule has 0 aliphatic heterocycles. The summed E-state index contributed by atoms with van der Waals surface area (Å²) < 4.78 is 0.0983. The lowest BCUT2D eigenvalue weighted by Crippen LogP contribution is -1.75. The van der Waals surface area contributed by atoms with Crippen molar-refractivity contribution in [3.8, 4) is 0 Å². The van der Waals surface area contributed by atoms with Crippen LogP contribution in [0.2, 0.25) is 0 Å². The molecule has 11 heavy (non-hydrogen) atoms. The van der Waals surface area contributed by atoms with Crippen molar-refractivity contribution in [2.75, 3.05) is 0 Å². The Hall–Kier alpha value is 0.0200. The van der Waals surface area contributed by atoms with Crippen LogP contribution < -0.4 is 0 Å². The molecule has 1 aromatic carbocycles. The van der Waals surface area contributed by atoms with Crippen LogP contribution in [-0.4, -0.2) is 4.45 Å². The van der Waals surface area contributed by atoms with Crippen molar-refractivity contribution in [2.24, 2.45) is 0 Å². The Morgan fingerprint density at radius 1 is 1.27 bits per heavy atom. The van der Waals surface area contributed by atoms with E-state index >= 15 is 0 Å². The van der Waals surface area contributed by atoms with E-state index in [9.17, 15) is 4.79 Å². The maximum atomic E-state index is 10.9. The highest BCUT2D eigenvalue weighted by atomic mass is 32.7. The summed E-state index contributed by atoms with van der Waals surface area (Å²) in [4.78, 5) is 11.9. The molecule has 0 aromatic heterocycles. The fourth-order valence-electron chi connectivity index (χ4n) is 0.609. The van der Waals surface area contributed by atoms with Crippen LogP contribution in [0.25, 0.3) is 0 Å². The zero-order valence-electron chi connectivity index (χ0n) is 5.69. The van der Waals surface area contributed by atoms with Crippen molar-refractivity contribution in [3.05, 3.63) is 30.3 Å². The average molecular weight is 202 g/mol. The van der Waals surface area contributed by atoms with Crippen molar-refractivity contribution in [2.45, 2.75) is 4.90 Å². The smallest absolute Gasteiger partial charge is 0.254 e. The summed E-state index contributed by atoms with van der Waals surface area (Å²) in [6, 6.07) is 9.61. The van der Waals surface area contributed by atoms with Gasteiger partial charge in [0.05, 0.1) is 0 Å². The molecule has 0 aliphatic rings. The molecule has 1 rings (SSSR count). The molecule has 0 saturated heterocycles. The maximum Gasteiger partial charge on any atom is 0.254 e. The quantitative estimate of drug-likeness (QED) is 0.513. The minimum Gasteiger partial charge on any atom is -0.274 e. The second-order valence-corrected chi connectivity index (χ2v) is 4.40. The van der Waals surface area contributed by atoms with Crippen molar-refractivity contribution in [1.29, 1.82) is 0 Å². The first kappa shape index (κ1) is 9.11. The molecule has 1 unspecified atom stereocenters. The highest BCUT2D eigenvalue weighted by Gasteiger charge is 2.00. The first-order valence-electron chi connectivity index (χ1n) is 2.96. The third-order valence-corrected chi connectivity index (χ3v) is 3.60.